The molecule has 0 spiro atoms. The van der Waals surface area contributed by atoms with E-state index in [1.165, 1.54) is 6.92 Å². The maximum atomic E-state index is 13.4. The first kappa shape index (κ1) is 27.5. The molecule has 4 rings (SSSR count). The molecule has 3 aromatic rings. The second kappa shape index (κ2) is 10.3. The van der Waals surface area contributed by atoms with Crippen LogP contribution in [0.3, 0.4) is 0 Å². The standard InChI is InChI=1S/C30H34O6S/c1-21(31)30(35)28(33,19-23-14-8-4-9-15-23)26(25(32)18-22-12-6-3-7-13-22)36-27(2,37)29(30,34)20-24-16-10-5-11-17-24/h3-17,25-26,32-35,37H,18-20H2,1-2H3/t25?,26-,27-,28-,29-,30+/m1/s1. The normalized spacial score (nSPS) is 32.6. The molecule has 1 aliphatic rings. The molecule has 0 aliphatic carbocycles. The van der Waals surface area contributed by atoms with Gasteiger partial charge in [0.25, 0.3) is 0 Å². The lowest BCUT2D eigenvalue weighted by Crippen LogP contribution is -2.86. The third-order valence-electron chi connectivity index (χ3n) is 7.59. The summed E-state index contributed by atoms with van der Waals surface area (Å²) in [5.41, 5.74) is -5.57. The monoisotopic (exact) mass is 522 g/mol. The number of Topliss-reactive ketones (excluding diaryl/α,β-unsaturated/α-hetero) is 1. The predicted octanol–water partition coefficient (Wildman–Crippen LogP) is 2.90. The molecule has 1 unspecified atom stereocenters. The van der Waals surface area contributed by atoms with Crippen molar-refractivity contribution in [2.75, 3.05) is 0 Å². The second-order valence-electron chi connectivity index (χ2n) is 10.2. The summed E-state index contributed by atoms with van der Waals surface area (Å²) in [7, 11) is 0. The Morgan fingerprint density at radius 3 is 1.73 bits per heavy atom. The molecule has 1 saturated heterocycles. The van der Waals surface area contributed by atoms with E-state index in [0.29, 0.717) is 11.1 Å². The number of benzene rings is 3. The van der Waals surface area contributed by atoms with Crippen LogP contribution in [0.25, 0.3) is 0 Å². The Labute approximate surface area is 223 Å². The Morgan fingerprint density at radius 1 is 0.838 bits per heavy atom. The molecule has 1 heterocycles. The van der Waals surface area contributed by atoms with E-state index >= 15 is 0 Å². The van der Waals surface area contributed by atoms with Gasteiger partial charge < -0.3 is 25.2 Å². The van der Waals surface area contributed by atoms with Gasteiger partial charge in [-0.1, -0.05) is 91.0 Å². The van der Waals surface area contributed by atoms with E-state index in [2.05, 4.69) is 12.6 Å². The first-order chi connectivity index (χ1) is 17.4. The van der Waals surface area contributed by atoms with Crippen molar-refractivity contribution in [3.8, 4) is 0 Å². The Morgan fingerprint density at radius 2 is 1.27 bits per heavy atom. The number of aliphatic hydroxyl groups excluding tert-OH is 1. The molecule has 6 nitrogen and oxygen atoms in total. The van der Waals surface area contributed by atoms with E-state index in [1.54, 1.807) is 54.6 Å². The highest BCUT2D eigenvalue weighted by atomic mass is 32.1. The summed E-state index contributed by atoms with van der Waals surface area (Å²) in [6.45, 7) is 2.57. The SMILES string of the molecule is CC(=O)[C@@]1(O)[C@@](O)(Cc2ccccc2)[C@@](C)(S)O[C@H](C(O)Cc2ccccc2)[C@]1(O)Cc1ccccc1. The fourth-order valence-electron chi connectivity index (χ4n) is 5.62. The van der Waals surface area contributed by atoms with Gasteiger partial charge in [0.2, 0.25) is 0 Å². The van der Waals surface area contributed by atoms with E-state index in [9.17, 15) is 25.2 Å². The predicted molar refractivity (Wildman–Crippen MR) is 144 cm³/mol. The molecule has 0 saturated carbocycles. The molecule has 37 heavy (non-hydrogen) atoms. The fourth-order valence-corrected chi connectivity index (χ4v) is 5.97. The lowest BCUT2D eigenvalue weighted by molar-refractivity contribution is -0.357. The number of ether oxygens (including phenoxy) is 1. The van der Waals surface area contributed by atoms with E-state index in [1.807, 2.05) is 36.4 Å². The largest absolute Gasteiger partial charge is 0.390 e. The van der Waals surface area contributed by atoms with Gasteiger partial charge in [0.05, 0.1) is 6.10 Å². The van der Waals surface area contributed by atoms with Crippen LogP contribution in [-0.2, 0) is 28.8 Å². The summed E-state index contributed by atoms with van der Waals surface area (Å²) in [6.07, 6.45) is -3.23. The maximum absolute atomic E-state index is 13.4. The summed E-state index contributed by atoms with van der Waals surface area (Å²) < 4.78 is 6.23. The number of thiol groups is 1. The molecule has 0 bridgehead atoms. The molecule has 0 aromatic heterocycles. The number of hydrogen-bond acceptors (Lipinski definition) is 7. The van der Waals surface area contributed by atoms with Crippen molar-refractivity contribution in [1.82, 2.24) is 0 Å². The lowest BCUT2D eigenvalue weighted by Gasteiger charge is -2.63. The smallest absolute Gasteiger partial charge is 0.187 e. The van der Waals surface area contributed by atoms with Crippen molar-refractivity contribution >= 4 is 18.4 Å². The number of carbonyl (C=O) groups excluding carboxylic acids is 1. The van der Waals surface area contributed by atoms with Crippen molar-refractivity contribution in [2.45, 2.75) is 67.1 Å². The van der Waals surface area contributed by atoms with Gasteiger partial charge in [0, 0.05) is 19.3 Å². The Bertz CT molecular complexity index is 1200. The zero-order valence-corrected chi connectivity index (χ0v) is 21.9. The van der Waals surface area contributed by atoms with Crippen LogP contribution in [0.2, 0.25) is 0 Å². The zero-order chi connectivity index (χ0) is 26.9. The molecule has 0 amide bonds. The van der Waals surface area contributed by atoms with Crippen LogP contribution < -0.4 is 0 Å². The van der Waals surface area contributed by atoms with Gasteiger partial charge in [-0.3, -0.25) is 4.79 Å². The Hall–Kier alpha value is -2.52. The van der Waals surface area contributed by atoms with Crippen LogP contribution in [0.4, 0.5) is 0 Å². The van der Waals surface area contributed by atoms with Crippen molar-refractivity contribution < 1.29 is 30.0 Å². The minimum Gasteiger partial charge on any atom is -0.390 e. The molecule has 0 radical (unpaired) electrons. The highest BCUT2D eigenvalue weighted by Gasteiger charge is 2.77. The highest BCUT2D eigenvalue weighted by Crippen LogP contribution is 2.54. The van der Waals surface area contributed by atoms with Crippen LogP contribution in [0.15, 0.2) is 91.0 Å². The number of ketones is 1. The van der Waals surface area contributed by atoms with Gasteiger partial charge in [-0.25, -0.2) is 0 Å². The van der Waals surface area contributed by atoms with Crippen LogP contribution in [-0.4, -0.2) is 60.2 Å². The average molecular weight is 523 g/mol. The third-order valence-corrected chi connectivity index (χ3v) is 8.06. The topological polar surface area (TPSA) is 107 Å². The second-order valence-corrected chi connectivity index (χ2v) is 11.0. The number of aliphatic hydroxyl groups is 4. The number of carbonyl (C=O) groups is 1. The first-order valence-electron chi connectivity index (χ1n) is 12.3. The van der Waals surface area contributed by atoms with Gasteiger partial charge in [0.15, 0.2) is 11.4 Å². The van der Waals surface area contributed by atoms with Gasteiger partial charge in [-0.05, 0) is 30.5 Å². The Balaban J connectivity index is 1.88. The molecule has 6 atom stereocenters. The number of hydrogen-bond donors (Lipinski definition) is 5. The van der Waals surface area contributed by atoms with E-state index < -0.39 is 39.7 Å². The van der Waals surface area contributed by atoms with Crippen LogP contribution in [0.1, 0.15) is 30.5 Å². The molecule has 196 valence electrons. The quantitative estimate of drug-likeness (QED) is 0.291. The lowest BCUT2D eigenvalue weighted by atomic mass is 9.57. The summed E-state index contributed by atoms with van der Waals surface area (Å²) in [6, 6.07) is 26.8. The summed E-state index contributed by atoms with van der Waals surface area (Å²) in [5, 5.41) is 48.4. The zero-order valence-electron chi connectivity index (χ0n) is 21.0. The highest BCUT2D eigenvalue weighted by molar-refractivity contribution is 7.81. The van der Waals surface area contributed by atoms with E-state index in [4.69, 9.17) is 4.74 Å². The third kappa shape index (κ3) is 4.76. The van der Waals surface area contributed by atoms with Crippen molar-refractivity contribution in [2.24, 2.45) is 0 Å². The van der Waals surface area contributed by atoms with Crippen molar-refractivity contribution in [1.29, 1.82) is 0 Å². The molecule has 7 heteroatoms. The molecular formula is C30H34O6S. The van der Waals surface area contributed by atoms with Crippen LogP contribution in [0.5, 0.6) is 0 Å². The summed E-state index contributed by atoms with van der Waals surface area (Å²) in [4.78, 5) is 11.6. The first-order valence-corrected chi connectivity index (χ1v) is 12.8. The minimum absolute atomic E-state index is 0.0809. The minimum atomic E-state index is -2.76. The van der Waals surface area contributed by atoms with Crippen LogP contribution >= 0.6 is 12.6 Å². The fraction of sp³-hybridized carbons (Fsp3) is 0.367. The van der Waals surface area contributed by atoms with E-state index in [0.717, 1.165) is 12.5 Å². The summed E-state index contributed by atoms with van der Waals surface area (Å²) >= 11 is 4.61. The molecule has 1 fully saturated rings. The maximum Gasteiger partial charge on any atom is 0.187 e. The van der Waals surface area contributed by atoms with Crippen molar-refractivity contribution in [3.63, 3.8) is 0 Å². The molecule has 3 aromatic carbocycles. The van der Waals surface area contributed by atoms with E-state index in [-0.39, 0.29) is 19.3 Å². The van der Waals surface area contributed by atoms with Gasteiger partial charge >= 0.3 is 0 Å². The van der Waals surface area contributed by atoms with Crippen LogP contribution in [0, 0.1) is 0 Å². The van der Waals surface area contributed by atoms with Gasteiger partial charge in [-0.15, -0.1) is 12.6 Å². The summed E-state index contributed by atoms with van der Waals surface area (Å²) in [5.74, 6) is -0.857. The molecular weight excluding hydrogens is 488 g/mol. The van der Waals surface area contributed by atoms with Crippen molar-refractivity contribution in [3.05, 3.63) is 108 Å². The average Bonchev–Trinajstić information content (AvgIpc) is 2.87. The molecule has 1 aliphatic heterocycles. The number of rotatable bonds is 8. The Kier molecular flexibility index (Phi) is 7.68. The van der Waals surface area contributed by atoms with Gasteiger partial charge in [0.1, 0.15) is 22.2 Å². The van der Waals surface area contributed by atoms with Gasteiger partial charge in [-0.2, -0.15) is 0 Å². The molecule has 4 N–H and O–H groups in total.